The molecule has 160 valence electrons. The van der Waals surface area contributed by atoms with Gasteiger partial charge in [0.05, 0.1) is 10.8 Å². The van der Waals surface area contributed by atoms with Gasteiger partial charge in [0.2, 0.25) is 15.9 Å². The maximum absolute atomic E-state index is 13.6. The van der Waals surface area contributed by atoms with Gasteiger partial charge < -0.3 is 10.0 Å². The molecule has 2 atom stereocenters. The SMILES string of the molecule is O=C(O)C1CCN(C(=O)C2CC(S)CN2S(=O)(=O)c2cccc3ccccc23)CC1. The number of thiol groups is 1. The molecule has 2 saturated heterocycles. The van der Waals surface area contributed by atoms with E-state index in [0.717, 1.165) is 5.39 Å². The number of carbonyl (C=O) groups excluding carboxylic acids is 1. The summed E-state index contributed by atoms with van der Waals surface area (Å²) in [5, 5.41) is 10.4. The van der Waals surface area contributed by atoms with Crippen molar-refractivity contribution >= 4 is 45.3 Å². The molecule has 2 unspecified atom stereocenters. The van der Waals surface area contributed by atoms with Gasteiger partial charge in [-0.05, 0) is 30.7 Å². The molecule has 9 heteroatoms. The predicted molar refractivity (Wildman–Crippen MR) is 116 cm³/mol. The van der Waals surface area contributed by atoms with Crippen molar-refractivity contribution in [1.82, 2.24) is 9.21 Å². The summed E-state index contributed by atoms with van der Waals surface area (Å²) in [6.07, 6.45) is 1.10. The van der Waals surface area contributed by atoms with Crippen LogP contribution in [0.25, 0.3) is 10.8 Å². The van der Waals surface area contributed by atoms with E-state index in [2.05, 4.69) is 12.6 Å². The highest BCUT2D eigenvalue weighted by Crippen LogP contribution is 2.33. The molecule has 2 aromatic rings. The number of carboxylic acids is 1. The monoisotopic (exact) mass is 448 g/mol. The van der Waals surface area contributed by atoms with Crippen molar-refractivity contribution in [3.8, 4) is 0 Å². The van der Waals surface area contributed by atoms with Gasteiger partial charge in [-0.2, -0.15) is 16.9 Å². The van der Waals surface area contributed by atoms with Gasteiger partial charge in [-0.15, -0.1) is 0 Å². The van der Waals surface area contributed by atoms with E-state index in [1.807, 2.05) is 18.2 Å². The van der Waals surface area contributed by atoms with E-state index in [1.165, 1.54) is 4.31 Å². The summed E-state index contributed by atoms with van der Waals surface area (Å²) in [4.78, 5) is 26.2. The number of likely N-dealkylation sites (tertiary alicyclic amines) is 1. The molecule has 2 aromatic carbocycles. The molecule has 30 heavy (non-hydrogen) atoms. The first-order valence-corrected chi connectivity index (χ1v) is 11.9. The molecule has 2 heterocycles. The molecule has 0 aromatic heterocycles. The van der Waals surface area contributed by atoms with Crippen LogP contribution in [0.2, 0.25) is 0 Å². The molecule has 4 rings (SSSR count). The Kier molecular flexibility index (Phi) is 5.78. The lowest BCUT2D eigenvalue weighted by molar-refractivity contribution is -0.146. The van der Waals surface area contributed by atoms with Crippen LogP contribution in [0.3, 0.4) is 0 Å². The first kappa shape index (κ1) is 21.1. The molecule has 0 spiro atoms. The van der Waals surface area contributed by atoms with Gasteiger partial charge in [-0.1, -0.05) is 36.4 Å². The Morgan fingerprint density at radius 3 is 2.40 bits per heavy atom. The highest BCUT2D eigenvalue weighted by atomic mass is 32.2. The number of carboxylic acid groups (broad SMARTS) is 1. The number of nitrogens with zero attached hydrogens (tertiary/aromatic N) is 2. The third-order valence-electron chi connectivity index (χ3n) is 6.01. The average Bonchev–Trinajstić information content (AvgIpc) is 3.15. The molecule has 0 radical (unpaired) electrons. The summed E-state index contributed by atoms with van der Waals surface area (Å²) in [6.45, 7) is 0.814. The summed E-state index contributed by atoms with van der Waals surface area (Å²) in [7, 11) is -3.91. The topological polar surface area (TPSA) is 95.0 Å². The van der Waals surface area contributed by atoms with Crippen LogP contribution in [-0.4, -0.2) is 65.5 Å². The Morgan fingerprint density at radius 1 is 1.03 bits per heavy atom. The van der Waals surface area contributed by atoms with Gasteiger partial charge in [0.1, 0.15) is 6.04 Å². The molecule has 7 nitrogen and oxygen atoms in total. The number of rotatable bonds is 4. The number of benzene rings is 2. The van der Waals surface area contributed by atoms with Crippen LogP contribution in [0, 0.1) is 5.92 Å². The van der Waals surface area contributed by atoms with Crippen molar-refractivity contribution in [3.63, 3.8) is 0 Å². The predicted octanol–water partition coefficient (Wildman–Crippen LogP) is 2.22. The maximum atomic E-state index is 13.6. The van der Waals surface area contributed by atoms with Crippen LogP contribution in [0.1, 0.15) is 19.3 Å². The van der Waals surface area contributed by atoms with E-state index in [4.69, 9.17) is 5.11 Å². The van der Waals surface area contributed by atoms with Crippen molar-refractivity contribution in [1.29, 1.82) is 0 Å². The van der Waals surface area contributed by atoms with E-state index >= 15 is 0 Å². The fourth-order valence-electron chi connectivity index (χ4n) is 4.38. The van der Waals surface area contributed by atoms with Crippen molar-refractivity contribution in [2.24, 2.45) is 5.92 Å². The minimum atomic E-state index is -3.91. The molecular weight excluding hydrogens is 424 g/mol. The number of sulfonamides is 1. The quantitative estimate of drug-likeness (QED) is 0.700. The number of carbonyl (C=O) groups is 2. The smallest absolute Gasteiger partial charge is 0.306 e. The van der Waals surface area contributed by atoms with E-state index in [9.17, 15) is 18.0 Å². The lowest BCUT2D eigenvalue weighted by Crippen LogP contribution is -2.50. The Bertz CT molecular complexity index is 1070. The number of hydrogen-bond donors (Lipinski definition) is 2. The number of amides is 1. The molecule has 0 saturated carbocycles. The first-order chi connectivity index (χ1) is 14.3. The fourth-order valence-corrected chi connectivity index (χ4v) is 6.72. The number of piperidine rings is 1. The number of aliphatic carboxylic acids is 1. The zero-order chi connectivity index (χ0) is 21.5. The summed E-state index contributed by atoms with van der Waals surface area (Å²) >= 11 is 4.47. The van der Waals surface area contributed by atoms with Gasteiger partial charge in [0, 0.05) is 30.3 Å². The molecule has 0 aliphatic carbocycles. The van der Waals surface area contributed by atoms with Gasteiger partial charge in [0.15, 0.2) is 0 Å². The highest BCUT2D eigenvalue weighted by Gasteiger charge is 2.45. The van der Waals surface area contributed by atoms with E-state index in [0.29, 0.717) is 37.7 Å². The van der Waals surface area contributed by atoms with E-state index < -0.39 is 28.0 Å². The Labute approximate surface area is 181 Å². The van der Waals surface area contributed by atoms with Crippen LogP contribution < -0.4 is 0 Å². The van der Waals surface area contributed by atoms with Gasteiger partial charge in [-0.25, -0.2) is 8.42 Å². The highest BCUT2D eigenvalue weighted by molar-refractivity contribution is 7.89. The Balaban J connectivity index is 1.62. The van der Waals surface area contributed by atoms with Crippen molar-refractivity contribution < 1.29 is 23.1 Å². The largest absolute Gasteiger partial charge is 0.481 e. The van der Waals surface area contributed by atoms with Crippen molar-refractivity contribution in [2.75, 3.05) is 19.6 Å². The third kappa shape index (κ3) is 3.81. The second kappa shape index (κ2) is 8.20. The minimum Gasteiger partial charge on any atom is -0.481 e. The second-order valence-electron chi connectivity index (χ2n) is 7.90. The zero-order valence-electron chi connectivity index (χ0n) is 16.3. The summed E-state index contributed by atoms with van der Waals surface area (Å²) in [6, 6.07) is 11.6. The Morgan fingerprint density at radius 2 is 1.70 bits per heavy atom. The lowest BCUT2D eigenvalue weighted by atomic mass is 9.96. The average molecular weight is 449 g/mol. The molecule has 2 aliphatic heterocycles. The van der Waals surface area contributed by atoms with Crippen LogP contribution in [0.15, 0.2) is 47.4 Å². The molecule has 1 amide bonds. The third-order valence-corrected chi connectivity index (χ3v) is 8.32. The Hall–Kier alpha value is -2.10. The second-order valence-corrected chi connectivity index (χ2v) is 10.5. The molecular formula is C21H24N2O5S2. The summed E-state index contributed by atoms with van der Waals surface area (Å²) in [5.41, 5.74) is 0. The zero-order valence-corrected chi connectivity index (χ0v) is 18.1. The maximum Gasteiger partial charge on any atom is 0.306 e. The molecule has 0 bridgehead atoms. The molecule has 2 aliphatic rings. The first-order valence-electron chi connectivity index (χ1n) is 9.98. The van der Waals surface area contributed by atoms with Crippen LogP contribution in [0.4, 0.5) is 0 Å². The van der Waals surface area contributed by atoms with Crippen molar-refractivity contribution in [3.05, 3.63) is 42.5 Å². The standard InChI is InChI=1S/C21H24N2O5S2/c24-20(22-10-8-15(9-11-22)21(25)26)18-12-16(29)13-23(18)30(27,28)19-7-3-5-14-4-1-2-6-17(14)19/h1-7,15-16,18,29H,8-13H2,(H,25,26). The van der Waals surface area contributed by atoms with Crippen LogP contribution >= 0.6 is 12.6 Å². The summed E-state index contributed by atoms with van der Waals surface area (Å²) < 4.78 is 28.4. The molecule has 1 N–H and O–H groups in total. The number of hydrogen-bond acceptors (Lipinski definition) is 5. The molecule has 2 fully saturated rings. The number of fused-ring (bicyclic) bond motifs is 1. The van der Waals surface area contributed by atoms with Crippen LogP contribution in [0.5, 0.6) is 0 Å². The van der Waals surface area contributed by atoms with Crippen LogP contribution in [-0.2, 0) is 19.6 Å². The summed E-state index contributed by atoms with van der Waals surface area (Å²) in [5.74, 6) is -1.57. The normalized spacial score (nSPS) is 23.7. The van der Waals surface area contributed by atoms with Crippen molar-refractivity contribution in [2.45, 2.75) is 35.4 Å². The van der Waals surface area contributed by atoms with Gasteiger partial charge >= 0.3 is 5.97 Å². The van der Waals surface area contributed by atoms with Gasteiger partial charge in [0.25, 0.3) is 0 Å². The lowest BCUT2D eigenvalue weighted by Gasteiger charge is -2.34. The minimum absolute atomic E-state index is 0.163. The van der Waals surface area contributed by atoms with E-state index in [1.54, 1.807) is 29.2 Å². The fraction of sp³-hybridized carbons (Fsp3) is 0.429. The van der Waals surface area contributed by atoms with Gasteiger partial charge in [-0.3, -0.25) is 9.59 Å². The van der Waals surface area contributed by atoms with E-state index in [-0.39, 0.29) is 22.6 Å².